The second kappa shape index (κ2) is 5.96. The molecule has 0 saturated carbocycles. The molecule has 0 unspecified atom stereocenters. The SMILES string of the molecule is O=C(O)c1cc(/C=C/c2ccn(C(F)F)n2)nc2ccccc12. The molecular formula is C16H11F2N3O2. The number of benzene rings is 1. The van der Waals surface area contributed by atoms with Gasteiger partial charge in [0.25, 0.3) is 0 Å². The molecule has 0 atom stereocenters. The van der Waals surface area contributed by atoms with Crippen molar-refractivity contribution in [3.05, 3.63) is 59.5 Å². The van der Waals surface area contributed by atoms with E-state index in [4.69, 9.17) is 0 Å². The largest absolute Gasteiger partial charge is 0.478 e. The number of alkyl halides is 2. The minimum absolute atomic E-state index is 0.133. The maximum atomic E-state index is 12.5. The van der Waals surface area contributed by atoms with E-state index in [2.05, 4.69) is 10.1 Å². The average molecular weight is 315 g/mol. The van der Waals surface area contributed by atoms with Crippen molar-refractivity contribution in [2.24, 2.45) is 0 Å². The smallest absolute Gasteiger partial charge is 0.336 e. The van der Waals surface area contributed by atoms with Gasteiger partial charge >= 0.3 is 12.5 Å². The van der Waals surface area contributed by atoms with E-state index in [1.807, 2.05) is 0 Å². The molecule has 116 valence electrons. The Balaban J connectivity index is 1.99. The second-order valence-corrected chi connectivity index (χ2v) is 4.75. The zero-order valence-electron chi connectivity index (χ0n) is 11.7. The molecule has 0 fully saturated rings. The van der Waals surface area contributed by atoms with Crippen LogP contribution in [0.25, 0.3) is 23.1 Å². The lowest BCUT2D eigenvalue weighted by Crippen LogP contribution is -2.00. The van der Waals surface area contributed by atoms with Gasteiger partial charge in [0.05, 0.1) is 22.5 Å². The fourth-order valence-corrected chi connectivity index (χ4v) is 2.18. The van der Waals surface area contributed by atoms with Gasteiger partial charge in [0, 0.05) is 11.6 Å². The van der Waals surface area contributed by atoms with Gasteiger partial charge in [-0.3, -0.25) is 0 Å². The van der Waals surface area contributed by atoms with Crippen LogP contribution in [-0.4, -0.2) is 25.8 Å². The summed E-state index contributed by atoms with van der Waals surface area (Å²) in [6.07, 6.45) is 4.21. The van der Waals surface area contributed by atoms with Gasteiger partial charge in [-0.1, -0.05) is 18.2 Å². The van der Waals surface area contributed by atoms with Gasteiger partial charge in [0.2, 0.25) is 0 Å². The molecule has 0 radical (unpaired) electrons. The van der Waals surface area contributed by atoms with Gasteiger partial charge in [-0.2, -0.15) is 13.9 Å². The molecule has 0 spiro atoms. The number of nitrogens with zero attached hydrogens (tertiary/aromatic N) is 3. The number of carboxylic acids is 1. The molecule has 3 rings (SSSR count). The van der Waals surface area contributed by atoms with E-state index in [-0.39, 0.29) is 5.56 Å². The summed E-state index contributed by atoms with van der Waals surface area (Å²) in [6, 6.07) is 9.77. The van der Waals surface area contributed by atoms with Gasteiger partial charge in [0.15, 0.2) is 0 Å². The Hall–Kier alpha value is -3.09. The molecule has 2 aromatic heterocycles. The highest BCUT2D eigenvalue weighted by Gasteiger charge is 2.10. The van der Waals surface area contributed by atoms with Gasteiger partial charge in [-0.15, -0.1) is 0 Å². The summed E-state index contributed by atoms with van der Waals surface area (Å²) in [4.78, 5) is 15.7. The molecule has 0 saturated heterocycles. The predicted molar refractivity (Wildman–Crippen MR) is 81.1 cm³/mol. The Bertz CT molecular complexity index is 903. The summed E-state index contributed by atoms with van der Waals surface area (Å²) < 4.78 is 25.5. The van der Waals surface area contributed by atoms with Gasteiger partial charge < -0.3 is 5.11 Å². The fraction of sp³-hybridized carbons (Fsp3) is 0.0625. The average Bonchev–Trinajstić information content (AvgIpc) is 3.01. The van der Waals surface area contributed by atoms with E-state index in [1.54, 1.807) is 24.3 Å². The summed E-state index contributed by atoms with van der Waals surface area (Å²) in [5, 5.41) is 13.5. The number of fused-ring (bicyclic) bond motifs is 1. The van der Waals surface area contributed by atoms with Crippen LogP contribution in [0.5, 0.6) is 0 Å². The number of halogens is 2. The normalized spacial score (nSPS) is 11.6. The van der Waals surface area contributed by atoms with Crippen molar-refractivity contribution in [2.75, 3.05) is 0 Å². The third-order valence-electron chi connectivity index (χ3n) is 3.22. The summed E-state index contributed by atoms with van der Waals surface area (Å²) in [6.45, 7) is -2.70. The minimum atomic E-state index is -2.70. The summed E-state index contributed by atoms with van der Waals surface area (Å²) >= 11 is 0. The van der Waals surface area contributed by atoms with Crippen LogP contribution in [-0.2, 0) is 0 Å². The zero-order chi connectivity index (χ0) is 16.4. The lowest BCUT2D eigenvalue weighted by Gasteiger charge is -2.03. The number of hydrogen-bond acceptors (Lipinski definition) is 3. The van der Waals surface area contributed by atoms with Crippen molar-refractivity contribution < 1.29 is 18.7 Å². The number of carboxylic acid groups (broad SMARTS) is 1. The quantitative estimate of drug-likeness (QED) is 0.797. The number of hydrogen-bond donors (Lipinski definition) is 1. The summed E-state index contributed by atoms with van der Waals surface area (Å²) in [5.41, 5.74) is 1.42. The van der Waals surface area contributed by atoms with E-state index >= 15 is 0 Å². The summed E-state index contributed by atoms with van der Waals surface area (Å²) in [5.74, 6) is -1.06. The first kappa shape index (κ1) is 14.8. The van der Waals surface area contributed by atoms with Crippen molar-refractivity contribution in [3.8, 4) is 0 Å². The Labute approximate surface area is 129 Å². The van der Waals surface area contributed by atoms with E-state index in [0.717, 1.165) is 0 Å². The number of carbonyl (C=O) groups is 1. The highest BCUT2D eigenvalue weighted by molar-refractivity contribution is 6.03. The Morgan fingerprint density at radius 1 is 1.17 bits per heavy atom. The van der Waals surface area contributed by atoms with E-state index < -0.39 is 12.5 Å². The van der Waals surface area contributed by atoms with Crippen molar-refractivity contribution >= 4 is 29.0 Å². The number of rotatable bonds is 4. The molecule has 0 aliphatic rings. The maximum Gasteiger partial charge on any atom is 0.336 e. The van der Waals surface area contributed by atoms with Gasteiger partial charge in [0.1, 0.15) is 0 Å². The van der Waals surface area contributed by atoms with Gasteiger partial charge in [-0.25, -0.2) is 14.5 Å². The summed E-state index contributed by atoms with van der Waals surface area (Å²) in [7, 11) is 0. The molecule has 5 nitrogen and oxygen atoms in total. The topological polar surface area (TPSA) is 68.0 Å². The Kier molecular flexibility index (Phi) is 3.84. The lowest BCUT2D eigenvalue weighted by molar-refractivity contribution is 0.0565. The monoisotopic (exact) mass is 315 g/mol. The van der Waals surface area contributed by atoms with Crippen LogP contribution in [0.3, 0.4) is 0 Å². The Morgan fingerprint density at radius 2 is 1.91 bits per heavy atom. The third kappa shape index (κ3) is 3.08. The Morgan fingerprint density at radius 3 is 2.61 bits per heavy atom. The molecule has 3 aromatic rings. The van der Waals surface area contributed by atoms with Crippen molar-refractivity contribution in [1.82, 2.24) is 14.8 Å². The first-order chi connectivity index (χ1) is 11.0. The van der Waals surface area contributed by atoms with Crippen LogP contribution in [0.2, 0.25) is 0 Å². The van der Waals surface area contributed by atoms with Crippen LogP contribution in [0.15, 0.2) is 42.6 Å². The molecule has 1 aromatic carbocycles. The maximum absolute atomic E-state index is 12.5. The molecule has 0 bridgehead atoms. The highest BCUT2D eigenvalue weighted by Crippen LogP contribution is 2.19. The second-order valence-electron chi connectivity index (χ2n) is 4.75. The fourth-order valence-electron chi connectivity index (χ4n) is 2.18. The van der Waals surface area contributed by atoms with Crippen LogP contribution in [0.1, 0.15) is 28.3 Å². The number of para-hydroxylation sites is 1. The molecule has 0 aliphatic carbocycles. The molecule has 7 heteroatoms. The van der Waals surface area contributed by atoms with E-state index in [0.29, 0.717) is 27.0 Å². The van der Waals surface area contributed by atoms with Crippen LogP contribution in [0, 0.1) is 0 Å². The van der Waals surface area contributed by atoms with Crippen molar-refractivity contribution in [1.29, 1.82) is 0 Å². The molecular weight excluding hydrogens is 304 g/mol. The standard InChI is InChI=1S/C16H11F2N3O2/c17-16(18)21-8-7-10(20-21)5-6-11-9-13(15(22)23)12-3-1-2-4-14(12)19-11/h1-9,16H,(H,22,23)/b6-5+. The minimum Gasteiger partial charge on any atom is -0.478 e. The first-order valence-electron chi connectivity index (χ1n) is 6.69. The van der Waals surface area contributed by atoms with Crippen LogP contribution < -0.4 is 0 Å². The van der Waals surface area contributed by atoms with E-state index in [9.17, 15) is 18.7 Å². The zero-order valence-corrected chi connectivity index (χ0v) is 11.7. The molecule has 1 N–H and O–H groups in total. The van der Waals surface area contributed by atoms with Crippen LogP contribution >= 0.6 is 0 Å². The number of aromatic carboxylic acids is 1. The first-order valence-corrected chi connectivity index (χ1v) is 6.69. The molecule has 0 amide bonds. The molecule has 2 heterocycles. The molecule has 0 aliphatic heterocycles. The van der Waals surface area contributed by atoms with Crippen LogP contribution in [0.4, 0.5) is 8.78 Å². The lowest BCUT2D eigenvalue weighted by atomic mass is 10.1. The molecule has 23 heavy (non-hydrogen) atoms. The predicted octanol–water partition coefficient (Wildman–Crippen LogP) is 3.70. The van der Waals surface area contributed by atoms with Crippen molar-refractivity contribution in [3.63, 3.8) is 0 Å². The highest BCUT2D eigenvalue weighted by atomic mass is 19.3. The number of pyridine rings is 1. The van der Waals surface area contributed by atoms with Gasteiger partial charge in [-0.05, 0) is 30.4 Å². The van der Waals surface area contributed by atoms with Crippen molar-refractivity contribution in [2.45, 2.75) is 6.55 Å². The third-order valence-corrected chi connectivity index (χ3v) is 3.22. The van der Waals surface area contributed by atoms with E-state index in [1.165, 1.54) is 30.5 Å². The number of aromatic nitrogens is 3.